The fourth-order valence-corrected chi connectivity index (χ4v) is 1.84. The van der Waals surface area contributed by atoms with Crippen LogP contribution >= 0.6 is 0 Å². The topological polar surface area (TPSA) is 68.6 Å². The first-order valence-electron chi connectivity index (χ1n) is 5.18. The molecule has 6 heteroatoms. The first-order chi connectivity index (χ1) is 8.31. The first-order valence-corrected chi connectivity index (χ1v) is 5.18. The van der Waals surface area contributed by atoms with Crippen molar-refractivity contribution < 1.29 is 4.74 Å². The number of pyridine rings is 1. The molecule has 0 spiro atoms. The van der Waals surface area contributed by atoms with Crippen molar-refractivity contribution in [3.63, 3.8) is 0 Å². The van der Waals surface area contributed by atoms with Crippen LogP contribution in [0.3, 0.4) is 0 Å². The van der Waals surface area contributed by atoms with Crippen LogP contribution in [0, 0.1) is 6.92 Å². The molecule has 0 bridgehead atoms. The van der Waals surface area contributed by atoms with Crippen LogP contribution in [0.5, 0.6) is 5.75 Å². The summed E-state index contributed by atoms with van der Waals surface area (Å²) in [6.07, 6.45) is 5.05. The van der Waals surface area contributed by atoms with Crippen LogP contribution < -0.4 is 4.74 Å². The number of aromatic amines is 1. The standard InChI is InChI=1S/C11H11N5O/c1-7-14-6-15-16(7)11-10-8(3-4-12-10)9(17-2)5-13-11/h3-6,12H,1-2H3. The molecule has 3 heterocycles. The average Bonchev–Trinajstić information content (AvgIpc) is 2.96. The predicted octanol–water partition coefficient (Wildman–Crippen LogP) is 1.46. The Morgan fingerprint density at radius 2 is 2.24 bits per heavy atom. The van der Waals surface area contributed by atoms with Crippen molar-refractivity contribution in [1.82, 2.24) is 24.7 Å². The summed E-state index contributed by atoms with van der Waals surface area (Å²) < 4.78 is 6.95. The predicted molar refractivity (Wildman–Crippen MR) is 62.3 cm³/mol. The summed E-state index contributed by atoms with van der Waals surface area (Å²) in [7, 11) is 1.63. The average molecular weight is 229 g/mol. The number of hydrogen-bond donors (Lipinski definition) is 1. The SMILES string of the molecule is COc1cnc(-n2ncnc2C)c2[nH]ccc12. The van der Waals surface area contributed by atoms with E-state index >= 15 is 0 Å². The van der Waals surface area contributed by atoms with Crippen molar-refractivity contribution >= 4 is 10.9 Å². The quantitative estimate of drug-likeness (QED) is 0.722. The van der Waals surface area contributed by atoms with Gasteiger partial charge in [-0.05, 0) is 13.0 Å². The van der Waals surface area contributed by atoms with Crippen LogP contribution in [0.4, 0.5) is 0 Å². The minimum absolute atomic E-state index is 0.723. The van der Waals surface area contributed by atoms with Crippen LogP contribution in [0.1, 0.15) is 5.82 Å². The van der Waals surface area contributed by atoms with E-state index in [9.17, 15) is 0 Å². The highest BCUT2D eigenvalue weighted by molar-refractivity contribution is 5.90. The second kappa shape index (κ2) is 3.58. The van der Waals surface area contributed by atoms with Crippen molar-refractivity contribution in [2.45, 2.75) is 6.92 Å². The first kappa shape index (κ1) is 9.83. The van der Waals surface area contributed by atoms with Crippen molar-refractivity contribution in [2.75, 3.05) is 7.11 Å². The second-order valence-corrected chi connectivity index (χ2v) is 3.64. The maximum Gasteiger partial charge on any atom is 0.180 e. The molecule has 1 N–H and O–H groups in total. The van der Waals surface area contributed by atoms with E-state index in [1.807, 2.05) is 19.2 Å². The molecule has 17 heavy (non-hydrogen) atoms. The van der Waals surface area contributed by atoms with E-state index in [0.717, 1.165) is 28.3 Å². The Bertz CT molecular complexity index is 669. The molecule has 0 aromatic carbocycles. The molecule has 0 aliphatic carbocycles. The highest BCUT2D eigenvalue weighted by atomic mass is 16.5. The fraction of sp³-hybridized carbons (Fsp3) is 0.182. The van der Waals surface area contributed by atoms with E-state index in [1.54, 1.807) is 18.0 Å². The van der Waals surface area contributed by atoms with Gasteiger partial charge in [-0.1, -0.05) is 0 Å². The van der Waals surface area contributed by atoms with E-state index in [-0.39, 0.29) is 0 Å². The summed E-state index contributed by atoms with van der Waals surface area (Å²) in [6.45, 7) is 1.88. The molecule has 3 aromatic rings. The largest absolute Gasteiger partial charge is 0.494 e. The number of nitrogens with one attached hydrogen (secondary N) is 1. The summed E-state index contributed by atoms with van der Waals surface area (Å²) in [5.74, 6) is 2.25. The Labute approximate surface area is 97.3 Å². The molecular formula is C11H11N5O. The van der Waals surface area contributed by atoms with E-state index < -0.39 is 0 Å². The van der Waals surface area contributed by atoms with Gasteiger partial charge < -0.3 is 9.72 Å². The van der Waals surface area contributed by atoms with E-state index in [0.29, 0.717) is 0 Å². The Balaban J connectivity index is 2.32. The summed E-state index contributed by atoms with van der Waals surface area (Å²) in [4.78, 5) is 11.6. The third-order valence-electron chi connectivity index (χ3n) is 2.68. The van der Waals surface area contributed by atoms with Crippen LogP contribution in [-0.4, -0.2) is 31.8 Å². The lowest BCUT2D eigenvalue weighted by Crippen LogP contribution is -2.03. The van der Waals surface area contributed by atoms with Gasteiger partial charge in [0.05, 0.1) is 18.8 Å². The lowest BCUT2D eigenvalue weighted by Gasteiger charge is -2.06. The van der Waals surface area contributed by atoms with Crippen molar-refractivity contribution in [3.05, 3.63) is 30.6 Å². The van der Waals surface area contributed by atoms with Gasteiger partial charge >= 0.3 is 0 Å². The zero-order valence-electron chi connectivity index (χ0n) is 9.51. The van der Waals surface area contributed by atoms with Crippen LogP contribution in [0.25, 0.3) is 16.7 Å². The second-order valence-electron chi connectivity index (χ2n) is 3.64. The molecule has 0 radical (unpaired) electrons. The Hall–Kier alpha value is -2.37. The molecule has 86 valence electrons. The third kappa shape index (κ3) is 1.37. The van der Waals surface area contributed by atoms with Crippen LogP contribution in [0.2, 0.25) is 0 Å². The summed E-state index contributed by atoms with van der Waals surface area (Å²) in [5, 5.41) is 5.13. The number of nitrogens with zero attached hydrogens (tertiary/aromatic N) is 4. The number of ether oxygens (including phenoxy) is 1. The van der Waals surface area contributed by atoms with Crippen LogP contribution in [-0.2, 0) is 0 Å². The number of rotatable bonds is 2. The highest BCUT2D eigenvalue weighted by Crippen LogP contribution is 2.27. The van der Waals surface area contributed by atoms with Crippen LogP contribution in [0.15, 0.2) is 24.8 Å². The van der Waals surface area contributed by atoms with Crippen molar-refractivity contribution in [1.29, 1.82) is 0 Å². The van der Waals surface area contributed by atoms with Gasteiger partial charge in [-0.25, -0.2) is 9.97 Å². The minimum Gasteiger partial charge on any atom is -0.494 e. The van der Waals surface area contributed by atoms with Gasteiger partial charge in [0.1, 0.15) is 17.9 Å². The molecule has 0 fully saturated rings. The normalized spacial score (nSPS) is 10.9. The van der Waals surface area contributed by atoms with Gasteiger partial charge in [0, 0.05) is 11.6 Å². The van der Waals surface area contributed by atoms with E-state index in [1.165, 1.54) is 6.33 Å². The zero-order valence-corrected chi connectivity index (χ0v) is 9.51. The molecule has 0 saturated carbocycles. The molecule has 0 aliphatic heterocycles. The highest BCUT2D eigenvalue weighted by Gasteiger charge is 2.12. The number of aromatic nitrogens is 5. The van der Waals surface area contributed by atoms with E-state index in [4.69, 9.17) is 4.74 Å². The smallest absolute Gasteiger partial charge is 0.180 e. The molecule has 3 aromatic heterocycles. The number of H-pyrrole nitrogens is 1. The molecule has 0 amide bonds. The summed E-state index contributed by atoms with van der Waals surface area (Å²) in [6, 6.07) is 1.95. The fourth-order valence-electron chi connectivity index (χ4n) is 1.84. The zero-order chi connectivity index (χ0) is 11.8. The molecule has 0 atom stereocenters. The van der Waals surface area contributed by atoms with Gasteiger partial charge in [-0.3, -0.25) is 0 Å². The van der Waals surface area contributed by atoms with Gasteiger partial charge in [-0.15, -0.1) is 0 Å². The molecule has 0 saturated heterocycles. The number of aryl methyl sites for hydroxylation is 1. The Morgan fingerprint density at radius 3 is 2.94 bits per heavy atom. The number of methoxy groups -OCH3 is 1. The third-order valence-corrected chi connectivity index (χ3v) is 2.68. The summed E-state index contributed by atoms with van der Waals surface area (Å²) >= 11 is 0. The molecule has 3 rings (SSSR count). The lowest BCUT2D eigenvalue weighted by atomic mass is 10.3. The summed E-state index contributed by atoms with van der Waals surface area (Å²) in [5.41, 5.74) is 0.887. The van der Waals surface area contributed by atoms with Crippen molar-refractivity contribution in [3.8, 4) is 11.6 Å². The van der Waals surface area contributed by atoms with Gasteiger partial charge in [-0.2, -0.15) is 9.78 Å². The van der Waals surface area contributed by atoms with Gasteiger partial charge in [0.2, 0.25) is 0 Å². The minimum atomic E-state index is 0.723. The number of hydrogen-bond acceptors (Lipinski definition) is 4. The lowest BCUT2D eigenvalue weighted by molar-refractivity contribution is 0.418. The van der Waals surface area contributed by atoms with Gasteiger partial charge in [0.15, 0.2) is 5.82 Å². The number of fused-ring (bicyclic) bond motifs is 1. The van der Waals surface area contributed by atoms with Crippen molar-refractivity contribution in [2.24, 2.45) is 0 Å². The molecule has 0 aliphatic rings. The molecule has 0 unspecified atom stereocenters. The maximum atomic E-state index is 5.26. The molecule has 6 nitrogen and oxygen atoms in total. The van der Waals surface area contributed by atoms with E-state index in [2.05, 4.69) is 20.1 Å². The monoisotopic (exact) mass is 229 g/mol. The Morgan fingerprint density at radius 1 is 1.35 bits per heavy atom. The molecular weight excluding hydrogens is 218 g/mol. The Kier molecular flexibility index (Phi) is 2.07. The van der Waals surface area contributed by atoms with Gasteiger partial charge in [0.25, 0.3) is 0 Å². The maximum absolute atomic E-state index is 5.26.